The lowest BCUT2D eigenvalue weighted by atomic mass is 10.1. The van der Waals surface area contributed by atoms with E-state index in [9.17, 15) is 8.42 Å². The summed E-state index contributed by atoms with van der Waals surface area (Å²) in [6, 6.07) is 7.74. The molecule has 0 fully saturated rings. The van der Waals surface area contributed by atoms with Gasteiger partial charge in [0, 0.05) is 6.26 Å². The van der Waals surface area contributed by atoms with Crippen LogP contribution in [0.3, 0.4) is 0 Å². The third kappa shape index (κ3) is 3.75. The van der Waals surface area contributed by atoms with Crippen molar-refractivity contribution < 1.29 is 8.42 Å². The zero-order valence-electron chi connectivity index (χ0n) is 8.23. The molecule has 1 rings (SSSR count). The third-order valence-electron chi connectivity index (χ3n) is 1.98. The molecular formula is C11H14O2S. The molecule has 0 amide bonds. The molecule has 0 saturated carbocycles. The van der Waals surface area contributed by atoms with E-state index in [0.717, 1.165) is 11.1 Å². The second-order valence-electron chi connectivity index (χ2n) is 3.33. The molecule has 0 aliphatic rings. The normalized spacial score (nSPS) is 11.2. The molecule has 0 atom stereocenters. The van der Waals surface area contributed by atoms with E-state index in [-0.39, 0.29) is 5.75 Å². The first-order chi connectivity index (χ1) is 6.51. The van der Waals surface area contributed by atoms with Gasteiger partial charge in [-0.15, -0.1) is 0 Å². The number of rotatable bonds is 4. The molecule has 0 saturated heterocycles. The Labute approximate surface area is 85.2 Å². The van der Waals surface area contributed by atoms with E-state index >= 15 is 0 Å². The van der Waals surface area contributed by atoms with E-state index in [0.29, 0.717) is 6.42 Å². The minimum absolute atomic E-state index is 0.209. The Morgan fingerprint density at radius 2 is 1.86 bits per heavy atom. The van der Waals surface area contributed by atoms with Gasteiger partial charge in [0.25, 0.3) is 0 Å². The number of aryl methyl sites for hydroxylation is 1. The molecule has 0 aromatic heterocycles. The number of hydrogen-bond donors (Lipinski definition) is 0. The summed E-state index contributed by atoms with van der Waals surface area (Å²) < 4.78 is 21.8. The van der Waals surface area contributed by atoms with Crippen LogP contribution in [0.1, 0.15) is 11.1 Å². The van der Waals surface area contributed by atoms with Crippen molar-refractivity contribution in [3.8, 4) is 0 Å². The van der Waals surface area contributed by atoms with Crippen LogP contribution < -0.4 is 0 Å². The molecule has 0 bridgehead atoms. The summed E-state index contributed by atoms with van der Waals surface area (Å²) in [7, 11) is -2.86. The fourth-order valence-electron chi connectivity index (χ4n) is 1.12. The van der Waals surface area contributed by atoms with Gasteiger partial charge in [0.1, 0.15) is 9.84 Å². The molecule has 76 valence electrons. The van der Waals surface area contributed by atoms with E-state index < -0.39 is 9.84 Å². The van der Waals surface area contributed by atoms with Crippen molar-refractivity contribution in [1.82, 2.24) is 0 Å². The summed E-state index contributed by atoms with van der Waals surface area (Å²) in [5.74, 6) is 0.209. The van der Waals surface area contributed by atoms with E-state index in [2.05, 4.69) is 6.58 Å². The minimum atomic E-state index is -2.86. The van der Waals surface area contributed by atoms with Crippen molar-refractivity contribution in [3.05, 3.63) is 42.0 Å². The summed E-state index contributed by atoms with van der Waals surface area (Å²) in [5.41, 5.74) is 2.09. The van der Waals surface area contributed by atoms with Crippen molar-refractivity contribution in [2.45, 2.75) is 6.42 Å². The van der Waals surface area contributed by atoms with Gasteiger partial charge in [0.05, 0.1) is 5.75 Å². The molecule has 0 radical (unpaired) electrons. The minimum Gasteiger partial charge on any atom is -0.229 e. The molecule has 0 spiro atoms. The van der Waals surface area contributed by atoms with Crippen molar-refractivity contribution >= 4 is 15.9 Å². The first-order valence-corrected chi connectivity index (χ1v) is 6.46. The zero-order valence-corrected chi connectivity index (χ0v) is 9.05. The Bertz CT molecular complexity index is 401. The van der Waals surface area contributed by atoms with Gasteiger partial charge in [0.2, 0.25) is 0 Å². The Morgan fingerprint density at radius 1 is 1.29 bits per heavy atom. The van der Waals surface area contributed by atoms with Gasteiger partial charge in [-0.3, -0.25) is 0 Å². The third-order valence-corrected chi connectivity index (χ3v) is 2.92. The molecule has 0 aliphatic heterocycles. The van der Waals surface area contributed by atoms with Gasteiger partial charge in [-0.25, -0.2) is 8.42 Å². The Morgan fingerprint density at radius 3 is 2.29 bits per heavy atom. The SMILES string of the molecule is C=Cc1ccc(CCS(C)(=O)=O)cc1. The fourth-order valence-corrected chi connectivity index (χ4v) is 1.73. The van der Waals surface area contributed by atoms with Gasteiger partial charge in [0.15, 0.2) is 0 Å². The molecule has 1 aromatic rings. The maximum Gasteiger partial charge on any atom is 0.147 e. The van der Waals surface area contributed by atoms with Crippen LogP contribution in [0.4, 0.5) is 0 Å². The average Bonchev–Trinajstić information content (AvgIpc) is 2.14. The fraction of sp³-hybridized carbons (Fsp3) is 0.273. The molecule has 0 N–H and O–H groups in total. The lowest BCUT2D eigenvalue weighted by Crippen LogP contribution is -2.05. The van der Waals surface area contributed by atoms with E-state index in [4.69, 9.17) is 0 Å². The molecule has 0 heterocycles. The number of hydrogen-bond acceptors (Lipinski definition) is 2. The second kappa shape index (κ2) is 4.42. The Kier molecular flexibility index (Phi) is 3.47. The van der Waals surface area contributed by atoms with Crippen LogP contribution >= 0.6 is 0 Å². The topological polar surface area (TPSA) is 34.1 Å². The quantitative estimate of drug-likeness (QED) is 0.760. The van der Waals surface area contributed by atoms with E-state index in [1.165, 1.54) is 6.26 Å². The summed E-state index contributed by atoms with van der Waals surface area (Å²) in [4.78, 5) is 0. The first kappa shape index (κ1) is 11.0. The van der Waals surface area contributed by atoms with Crippen LogP contribution in [-0.2, 0) is 16.3 Å². The largest absolute Gasteiger partial charge is 0.229 e. The van der Waals surface area contributed by atoms with Crippen molar-refractivity contribution in [3.63, 3.8) is 0 Å². The van der Waals surface area contributed by atoms with Crippen molar-refractivity contribution in [2.75, 3.05) is 12.0 Å². The summed E-state index contributed by atoms with van der Waals surface area (Å²) in [6.07, 6.45) is 3.60. The number of benzene rings is 1. The highest BCUT2D eigenvalue weighted by molar-refractivity contribution is 7.90. The van der Waals surface area contributed by atoms with Crippen molar-refractivity contribution in [1.29, 1.82) is 0 Å². The highest BCUT2D eigenvalue weighted by Gasteiger charge is 2.02. The Balaban J connectivity index is 2.65. The maximum atomic E-state index is 10.9. The van der Waals surface area contributed by atoms with Gasteiger partial charge >= 0.3 is 0 Å². The van der Waals surface area contributed by atoms with Crippen LogP contribution in [0, 0.1) is 0 Å². The molecule has 0 unspecified atom stereocenters. The molecule has 1 aromatic carbocycles. The molecule has 0 aliphatic carbocycles. The lowest BCUT2D eigenvalue weighted by molar-refractivity contribution is 0.601. The maximum absolute atomic E-state index is 10.9. The van der Waals surface area contributed by atoms with Crippen LogP contribution in [0.5, 0.6) is 0 Å². The summed E-state index contributed by atoms with van der Waals surface area (Å²) in [5, 5.41) is 0. The summed E-state index contributed by atoms with van der Waals surface area (Å²) >= 11 is 0. The van der Waals surface area contributed by atoms with E-state index in [1.807, 2.05) is 24.3 Å². The highest BCUT2D eigenvalue weighted by Crippen LogP contribution is 2.06. The highest BCUT2D eigenvalue weighted by atomic mass is 32.2. The van der Waals surface area contributed by atoms with Gasteiger partial charge < -0.3 is 0 Å². The predicted octanol–water partition coefficient (Wildman–Crippen LogP) is 1.92. The predicted molar refractivity (Wildman–Crippen MR) is 59.9 cm³/mol. The molecule has 14 heavy (non-hydrogen) atoms. The zero-order chi connectivity index (χ0) is 10.6. The van der Waals surface area contributed by atoms with Crippen LogP contribution in [-0.4, -0.2) is 20.4 Å². The molecule has 3 heteroatoms. The van der Waals surface area contributed by atoms with Gasteiger partial charge in [-0.2, -0.15) is 0 Å². The molecule has 2 nitrogen and oxygen atoms in total. The number of sulfone groups is 1. The monoisotopic (exact) mass is 210 g/mol. The van der Waals surface area contributed by atoms with E-state index in [1.54, 1.807) is 6.08 Å². The smallest absolute Gasteiger partial charge is 0.147 e. The van der Waals surface area contributed by atoms with Gasteiger partial charge in [-0.05, 0) is 17.5 Å². The van der Waals surface area contributed by atoms with Crippen LogP contribution in [0.2, 0.25) is 0 Å². The van der Waals surface area contributed by atoms with Crippen LogP contribution in [0.25, 0.3) is 6.08 Å². The van der Waals surface area contributed by atoms with Gasteiger partial charge in [-0.1, -0.05) is 36.9 Å². The van der Waals surface area contributed by atoms with Crippen molar-refractivity contribution in [2.24, 2.45) is 0 Å². The standard InChI is InChI=1S/C11H14O2S/c1-3-10-4-6-11(7-5-10)8-9-14(2,12)13/h3-7H,1,8-9H2,2H3. The average molecular weight is 210 g/mol. The Hall–Kier alpha value is -1.09. The summed E-state index contributed by atoms with van der Waals surface area (Å²) in [6.45, 7) is 3.65. The first-order valence-electron chi connectivity index (χ1n) is 4.40. The second-order valence-corrected chi connectivity index (χ2v) is 5.59. The molecular weight excluding hydrogens is 196 g/mol. The lowest BCUT2D eigenvalue weighted by Gasteiger charge is -2.00. The van der Waals surface area contributed by atoms with Crippen LogP contribution in [0.15, 0.2) is 30.8 Å².